The molecule has 3 nitrogen and oxygen atoms in total. The third-order valence-electron chi connectivity index (χ3n) is 5.03. The zero-order chi connectivity index (χ0) is 16.3. The van der Waals surface area contributed by atoms with Gasteiger partial charge in [-0.15, -0.1) is 0 Å². The molecular formula is C18H28FNO2. The molecule has 0 aliphatic carbocycles. The molecule has 1 heterocycles. The van der Waals surface area contributed by atoms with E-state index in [0.717, 1.165) is 31.4 Å². The van der Waals surface area contributed by atoms with Crippen LogP contribution in [0, 0.1) is 25.1 Å². The molecule has 1 aromatic rings. The molecule has 0 saturated carbocycles. The maximum Gasteiger partial charge on any atom is 0.129 e. The van der Waals surface area contributed by atoms with Gasteiger partial charge in [0.25, 0.3) is 0 Å². The van der Waals surface area contributed by atoms with Crippen LogP contribution in [0.25, 0.3) is 0 Å². The number of rotatable bonds is 5. The summed E-state index contributed by atoms with van der Waals surface area (Å²) in [5, 5.41) is 20.2. The number of hydrogen-bond donors (Lipinski definition) is 2. The fourth-order valence-electron chi connectivity index (χ4n) is 3.66. The van der Waals surface area contributed by atoms with E-state index in [-0.39, 0.29) is 17.8 Å². The Morgan fingerprint density at radius 1 is 1.32 bits per heavy atom. The molecule has 2 N–H and O–H groups in total. The Kier molecular flexibility index (Phi) is 5.59. The van der Waals surface area contributed by atoms with Crippen molar-refractivity contribution in [2.24, 2.45) is 5.41 Å². The highest BCUT2D eigenvalue weighted by molar-refractivity contribution is 5.30. The first kappa shape index (κ1) is 17.4. The smallest absolute Gasteiger partial charge is 0.129 e. The van der Waals surface area contributed by atoms with Crippen LogP contribution in [0.3, 0.4) is 0 Å². The monoisotopic (exact) mass is 309 g/mol. The number of benzene rings is 1. The number of aliphatic hydroxyl groups excluding tert-OH is 2. The van der Waals surface area contributed by atoms with Crippen molar-refractivity contribution in [3.8, 4) is 0 Å². The summed E-state index contributed by atoms with van der Waals surface area (Å²) in [5.74, 6) is -0.135. The second-order valence-corrected chi connectivity index (χ2v) is 6.81. The fourth-order valence-corrected chi connectivity index (χ4v) is 3.66. The van der Waals surface area contributed by atoms with Crippen LogP contribution in [-0.2, 0) is 6.54 Å². The lowest BCUT2D eigenvalue weighted by Crippen LogP contribution is -2.52. The maximum atomic E-state index is 13.7. The molecule has 0 unspecified atom stereocenters. The molecule has 0 spiro atoms. The van der Waals surface area contributed by atoms with Crippen molar-refractivity contribution < 1.29 is 14.6 Å². The lowest BCUT2D eigenvalue weighted by Gasteiger charge is -2.44. The van der Waals surface area contributed by atoms with E-state index in [0.29, 0.717) is 24.2 Å². The van der Waals surface area contributed by atoms with E-state index in [9.17, 15) is 14.6 Å². The summed E-state index contributed by atoms with van der Waals surface area (Å²) in [5.41, 5.74) is 2.07. The van der Waals surface area contributed by atoms with E-state index in [4.69, 9.17) is 0 Å². The number of aryl methyl sites for hydroxylation is 2. The first-order valence-electron chi connectivity index (χ1n) is 8.19. The molecule has 0 radical (unpaired) electrons. The molecule has 1 aromatic carbocycles. The molecule has 1 aliphatic heterocycles. The van der Waals surface area contributed by atoms with Crippen LogP contribution in [0.1, 0.15) is 42.9 Å². The Balaban J connectivity index is 2.05. The van der Waals surface area contributed by atoms with Gasteiger partial charge < -0.3 is 10.2 Å². The van der Waals surface area contributed by atoms with E-state index >= 15 is 0 Å². The SMILES string of the molecule is CCC[C@]1(CO)CCN(Cc2cc(C)c(F)c(C)c2)C[C@H]1O. The number of hydrogen-bond acceptors (Lipinski definition) is 3. The van der Waals surface area contributed by atoms with Crippen molar-refractivity contribution in [2.45, 2.75) is 52.7 Å². The molecule has 124 valence electrons. The van der Waals surface area contributed by atoms with E-state index in [1.165, 1.54) is 0 Å². The first-order valence-corrected chi connectivity index (χ1v) is 8.19. The Morgan fingerprint density at radius 2 is 1.95 bits per heavy atom. The predicted molar refractivity (Wildman–Crippen MR) is 86.2 cm³/mol. The topological polar surface area (TPSA) is 43.7 Å². The average molecular weight is 309 g/mol. The molecule has 4 heteroatoms. The zero-order valence-electron chi connectivity index (χ0n) is 13.9. The highest BCUT2D eigenvalue weighted by Gasteiger charge is 2.40. The number of β-amino-alcohol motifs (C(OH)–C–C–N with tert-alkyl or cyclic N) is 1. The highest BCUT2D eigenvalue weighted by atomic mass is 19.1. The first-order chi connectivity index (χ1) is 10.4. The van der Waals surface area contributed by atoms with Gasteiger partial charge in [-0.1, -0.05) is 25.5 Å². The minimum absolute atomic E-state index is 0.0462. The third kappa shape index (κ3) is 3.50. The molecule has 1 saturated heterocycles. The van der Waals surface area contributed by atoms with Crippen LogP contribution in [-0.4, -0.2) is 40.9 Å². The van der Waals surface area contributed by atoms with Crippen LogP contribution >= 0.6 is 0 Å². The van der Waals surface area contributed by atoms with Gasteiger partial charge in [0.05, 0.1) is 12.7 Å². The predicted octanol–water partition coefficient (Wildman–Crippen LogP) is 2.79. The summed E-state index contributed by atoms with van der Waals surface area (Å²) < 4.78 is 13.7. The van der Waals surface area contributed by atoms with Gasteiger partial charge >= 0.3 is 0 Å². The summed E-state index contributed by atoms with van der Waals surface area (Å²) in [6.45, 7) is 7.84. The molecule has 22 heavy (non-hydrogen) atoms. The summed E-state index contributed by atoms with van der Waals surface area (Å²) in [6, 6.07) is 3.77. The van der Waals surface area contributed by atoms with E-state index in [1.54, 1.807) is 13.8 Å². The third-order valence-corrected chi connectivity index (χ3v) is 5.03. The lowest BCUT2D eigenvalue weighted by atomic mass is 9.73. The normalized spacial score (nSPS) is 26.4. The van der Waals surface area contributed by atoms with Crippen molar-refractivity contribution in [3.05, 3.63) is 34.6 Å². The van der Waals surface area contributed by atoms with E-state index < -0.39 is 6.10 Å². The van der Waals surface area contributed by atoms with Gasteiger partial charge in [0.2, 0.25) is 0 Å². The van der Waals surface area contributed by atoms with Crippen molar-refractivity contribution in [1.29, 1.82) is 0 Å². The highest BCUT2D eigenvalue weighted by Crippen LogP contribution is 2.36. The van der Waals surface area contributed by atoms with Gasteiger partial charge in [0.15, 0.2) is 0 Å². The summed E-state index contributed by atoms with van der Waals surface area (Å²) in [7, 11) is 0. The Bertz CT molecular complexity index is 497. The van der Waals surface area contributed by atoms with Crippen LogP contribution in [0.4, 0.5) is 4.39 Å². The molecule has 0 amide bonds. The fraction of sp³-hybridized carbons (Fsp3) is 0.667. The minimum Gasteiger partial charge on any atom is -0.396 e. The van der Waals surface area contributed by atoms with Crippen LogP contribution in [0.2, 0.25) is 0 Å². The van der Waals surface area contributed by atoms with Crippen molar-refractivity contribution in [3.63, 3.8) is 0 Å². The molecule has 1 fully saturated rings. The number of nitrogens with zero attached hydrogens (tertiary/aromatic N) is 1. The number of likely N-dealkylation sites (tertiary alicyclic amines) is 1. The van der Waals surface area contributed by atoms with Gasteiger partial charge in [-0.2, -0.15) is 0 Å². The number of aliphatic hydroxyl groups is 2. The zero-order valence-corrected chi connectivity index (χ0v) is 13.9. The lowest BCUT2D eigenvalue weighted by molar-refractivity contribution is -0.0802. The molecule has 0 aromatic heterocycles. The number of halogens is 1. The maximum absolute atomic E-state index is 13.7. The minimum atomic E-state index is -0.506. The summed E-state index contributed by atoms with van der Waals surface area (Å²) in [4.78, 5) is 2.19. The summed E-state index contributed by atoms with van der Waals surface area (Å²) >= 11 is 0. The standard InChI is InChI=1S/C18H28FNO2/c1-4-5-18(12-21)6-7-20(11-16(18)22)10-15-8-13(2)17(19)14(3)9-15/h8-9,16,21-22H,4-7,10-12H2,1-3H3/t16-,18-/m1/s1. The van der Waals surface area contributed by atoms with Crippen molar-refractivity contribution >= 4 is 0 Å². The van der Waals surface area contributed by atoms with Gasteiger partial charge in [-0.05, 0) is 49.9 Å². The molecule has 0 bridgehead atoms. The Labute approximate surface area is 132 Å². The van der Waals surface area contributed by atoms with Gasteiger partial charge in [-0.25, -0.2) is 4.39 Å². The molecule has 2 rings (SSSR count). The Hall–Kier alpha value is -0.970. The number of piperidine rings is 1. The van der Waals surface area contributed by atoms with Gasteiger partial charge in [0, 0.05) is 18.5 Å². The average Bonchev–Trinajstić information content (AvgIpc) is 2.48. The van der Waals surface area contributed by atoms with E-state index in [2.05, 4.69) is 11.8 Å². The van der Waals surface area contributed by atoms with Crippen LogP contribution in [0.5, 0.6) is 0 Å². The van der Waals surface area contributed by atoms with Crippen LogP contribution < -0.4 is 0 Å². The molecule has 1 aliphatic rings. The molecular weight excluding hydrogens is 281 g/mol. The van der Waals surface area contributed by atoms with Crippen molar-refractivity contribution in [1.82, 2.24) is 4.90 Å². The van der Waals surface area contributed by atoms with E-state index in [1.807, 2.05) is 12.1 Å². The van der Waals surface area contributed by atoms with Gasteiger partial charge in [0.1, 0.15) is 5.82 Å². The summed E-state index contributed by atoms with van der Waals surface area (Å²) in [6.07, 6.45) is 2.12. The largest absolute Gasteiger partial charge is 0.396 e. The second kappa shape index (κ2) is 7.07. The molecule has 2 atom stereocenters. The Morgan fingerprint density at radius 3 is 2.45 bits per heavy atom. The van der Waals surface area contributed by atoms with Crippen molar-refractivity contribution in [2.75, 3.05) is 19.7 Å². The van der Waals surface area contributed by atoms with Crippen LogP contribution in [0.15, 0.2) is 12.1 Å². The second-order valence-electron chi connectivity index (χ2n) is 6.81. The van der Waals surface area contributed by atoms with Gasteiger partial charge in [-0.3, -0.25) is 4.90 Å². The quantitative estimate of drug-likeness (QED) is 0.879.